The quantitative estimate of drug-likeness (QED) is 0.798. The lowest BCUT2D eigenvalue weighted by atomic mass is 10.1. The molecule has 1 N–H and O–H groups in total. The second-order valence-electron chi connectivity index (χ2n) is 4.51. The summed E-state index contributed by atoms with van der Waals surface area (Å²) in [4.78, 5) is 11.1. The molecule has 3 aromatic rings. The molecular weight excluding hydrogens is 288 g/mol. The molecule has 0 saturated carbocycles. The fourth-order valence-corrected chi connectivity index (χ4v) is 2.26. The number of benzene rings is 2. The van der Waals surface area contributed by atoms with Crippen LogP contribution in [0.25, 0.3) is 16.8 Å². The lowest BCUT2D eigenvalue weighted by Crippen LogP contribution is -1.97. The van der Waals surface area contributed by atoms with Crippen molar-refractivity contribution in [2.45, 2.75) is 0 Å². The van der Waals surface area contributed by atoms with E-state index in [2.05, 4.69) is 5.10 Å². The van der Waals surface area contributed by atoms with E-state index in [1.54, 1.807) is 29.1 Å². The summed E-state index contributed by atoms with van der Waals surface area (Å²) in [7, 11) is 0. The molecule has 1 aromatic heterocycles. The number of hydrogen-bond acceptors (Lipinski definition) is 2. The molecule has 0 bridgehead atoms. The maximum Gasteiger partial charge on any atom is 0.337 e. The number of carbonyl (C=O) groups is 1. The largest absolute Gasteiger partial charge is 0.478 e. The number of aromatic nitrogens is 2. The normalized spacial score (nSPS) is 10.5. The van der Waals surface area contributed by atoms with Crippen LogP contribution in [0.1, 0.15) is 10.4 Å². The molecule has 0 amide bonds. The van der Waals surface area contributed by atoms with Gasteiger partial charge in [0, 0.05) is 11.8 Å². The highest BCUT2D eigenvalue weighted by Gasteiger charge is 2.11. The Labute approximate surface area is 126 Å². The summed E-state index contributed by atoms with van der Waals surface area (Å²) in [5.41, 5.74) is 2.62. The molecule has 0 spiro atoms. The van der Waals surface area contributed by atoms with E-state index < -0.39 is 5.97 Å². The fraction of sp³-hybridized carbons (Fsp3) is 0. The molecule has 0 aliphatic rings. The first-order chi connectivity index (χ1) is 10.1. The molecule has 0 fully saturated rings. The molecular formula is C16H11ClN2O2. The molecule has 5 heteroatoms. The molecule has 3 rings (SSSR count). The molecule has 0 saturated heterocycles. The van der Waals surface area contributed by atoms with Crippen LogP contribution in [0.3, 0.4) is 0 Å². The van der Waals surface area contributed by atoms with Gasteiger partial charge in [-0.05, 0) is 29.8 Å². The highest BCUT2D eigenvalue weighted by atomic mass is 35.5. The van der Waals surface area contributed by atoms with Gasteiger partial charge in [-0.1, -0.05) is 35.9 Å². The maximum atomic E-state index is 11.1. The predicted octanol–water partition coefficient (Wildman–Crippen LogP) is 3.89. The van der Waals surface area contributed by atoms with E-state index in [9.17, 15) is 4.79 Å². The first-order valence-corrected chi connectivity index (χ1v) is 6.66. The number of halogens is 1. The third kappa shape index (κ3) is 2.66. The van der Waals surface area contributed by atoms with E-state index in [4.69, 9.17) is 16.7 Å². The third-order valence-electron chi connectivity index (χ3n) is 3.13. The number of aromatic carboxylic acids is 1. The van der Waals surface area contributed by atoms with Crippen LogP contribution in [0.4, 0.5) is 0 Å². The average molecular weight is 299 g/mol. The van der Waals surface area contributed by atoms with Crippen LogP contribution >= 0.6 is 11.6 Å². The van der Waals surface area contributed by atoms with Crippen molar-refractivity contribution < 1.29 is 9.90 Å². The Morgan fingerprint density at radius 2 is 1.86 bits per heavy atom. The summed E-state index contributed by atoms with van der Waals surface area (Å²) in [6, 6.07) is 14.6. The third-order valence-corrected chi connectivity index (χ3v) is 3.46. The highest BCUT2D eigenvalue weighted by Crippen LogP contribution is 2.25. The van der Waals surface area contributed by atoms with Gasteiger partial charge in [0.1, 0.15) is 0 Å². The topological polar surface area (TPSA) is 55.1 Å². The van der Waals surface area contributed by atoms with Crippen molar-refractivity contribution in [3.63, 3.8) is 0 Å². The molecule has 0 radical (unpaired) electrons. The van der Waals surface area contributed by atoms with Crippen molar-refractivity contribution in [3.05, 3.63) is 71.5 Å². The number of para-hydroxylation sites is 1. The number of nitrogens with zero attached hydrogens (tertiary/aromatic N) is 2. The molecule has 2 aromatic carbocycles. The van der Waals surface area contributed by atoms with E-state index in [0.717, 1.165) is 16.8 Å². The van der Waals surface area contributed by atoms with E-state index >= 15 is 0 Å². The summed E-state index contributed by atoms with van der Waals surface area (Å²) in [5, 5.41) is 13.6. The van der Waals surface area contributed by atoms with Gasteiger partial charge in [-0.25, -0.2) is 9.48 Å². The highest BCUT2D eigenvalue weighted by molar-refractivity contribution is 6.33. The van der Waals surface area contributed by atoms with E-state index in [1.807, 2.05) is 36.5 Å². The van der Waals surface area contributed by atoms with Crippen molar-refractivity contribution in [1.29, 1.82) is 0 Å². The van der Waals surface area contributed by atoms with Gasteiger partial charge >= 0.3 is 5.97 Å². The summed E-state index contributed by atoms with van der Waals surface area (Å²) in [5.74, 6) is -1.04. The SMILES string of the molecule is O=C(O)c1cc(-c2cnn(-c3ccccc3)c2)ccc1Cl. The molecule has 0 aliphatic carbocycles. The van der Waals surface area contributed by atoms with Gasteiger partial charge in [-0.2, -0.15) is 5.10 Å². The lowest BCUT2D eigenvalue weighted by molar-refractivity contribution is 0.0697. The minimum atomic E-state index is -1.04. The number of rotatable bonds is 3. The number of carboxylic acid groups (broad SMARTS) is 1. The van der Waals surface area contributed by atoms with E-state index in [1.165, 1.54) is 0 Å². The Bertz CT molecular complexity index is 797. The van der Waals surface area contributed by atoms with Crippen LogP contribution in [-0.2, 0) is 0 Å². The van der Waals surface area contributed by atoms with Gasteiger partial charge in [0.25, 0.3) is 0 Å². The molecule has 4 nitrogen and oxygen atoms in total. The van der Waals surface area contributed by atoms with Crippen molar-refractivity contribution >= 4 is 17.6 Å². The van der Waals surface area contributed by atoms with Crippen LogP contribution in [-0.4, -0.2) is 20.9 Å². The number of hydrogen-bond donors (Lipinski definition) is 1. The predicted molar refractivity (Wildman–Crippen MR) is 81.0 cm³/mol. The summed E-state index contributed by atoms with van der Waals surface area (Å²) < 4.78 is 1.74. The van der Waals surface area contributed by atoms with Gasteiger partial charge in [-0.15, -0.1) is 0 Å². The van der Waals surface area contributed by atoms with Gasteiger partial charge in [0.2, 0.25) is 0 Å². The Balaban J connectivity index is 2.01. The second kappa shape index (κ2) is 5.42. The maximum absolute atomic E-state index is 11.1. The standard InChI is InChI=1S/C16H11ClN2O2/c17-15-7-6-11(8-14(15)16(20)21)12-9-18-19(10-12)13-4-2-1-3-5-13/h1-10H,(H,20,21). The van der Waals surface area contributed by atoms with Crippen molar-refractivity contribution in [3.8, 4) is 16.8 Å². The smallest absolute Gasteiger partial charge is 0.337 e. The van der Waals surface area contributed by atoms with Crippen LogP contribution in [0.15, 0.2) is 60.9 Å². The molecule has 104 valence electrons. The van der Waals surface area contributed by atoms with Crippen molar-refractivity contribution in [2.24, 2.45) is 0 Å². The molecule has 0 unspecified atom stereocenters. The van der Waals surface area contributed by atoms with Crippen LogP contribution in [0.5, 0.6) is 0 Å². The first-order valence-electron chi connectivity index (χ1n) is 6.28. The lowest BCUT2D eigenvalue weighted by Gasteiger charge is -2.02. The van der Waals surface area contributed by atoms with Gasteiger partial charge in [-0.3, -0.25) is 0 Å². The summed E-state index contributed by atoms with van der Waals surface area (Å²) in [6.45, 7) is 0. The summed E-state index contributed by atoms with van der Waals surface area (Å²) >= 11 is 5.88. The van der Waals surface area contributed by atoms with E-state index in [-0.39, 0.29) is 10.6 Å². The van der Waals surface area contributed by atoms with Crippen molar-refractivity contribution in [1.82, 2.24) is 9.78 Å². The molecule has 0 aliphatic heterocycles. The fourth-order valence-electron chi connectivity index (χ4n) is 2.06. The Kier molecular flexibility index (Phi) is 3.46. The van der Waals surface area contributed by atoms with Crippen molar-refractivity contribution in [2.75, 3.05) is 0 Å². The van der Waals surface area contributed by atoms with E-state index in [0.29, 0.717) is 0 Å². The second-order valence-corrected chi connectivity index (χ2v) is 4.92. The Morgan fingerprint density at radius 3 is 2.57 bits per heavy atom. The van der Waals surface area contributed by atoms with Gasteiger partial charge in [0.15, 0.2) is 0 Å². The zero-order chi connectivity index (χ0) is 14.8. The van der Waals surface area contributed by atoms with Crippen LogP contribution in [0.2, 0.25) is 5.02 Å². The molecule has 21 heavy (non-hydrogen) atoms. The minimum Gasteiger partial charge on any atom is -0.478 e. The zero-order valence-electron chi connectivity index (χ0n) is 10.9. The minimum absolute atomic E-state index is 0.0848. The monoisotopic (exact) mass is 298 g/mol. The number of carboxylic acids is 1. The Hall–Kier alpha value is -2.59. The Morgan fingerprint density at radius 1 is 1.10 bits per heavy atom. The summed E-state index contributed by atoms with van der Waals surface area (Å²) in [6.07, 6.45) is 3.55. The van der Waals surface area contributed by atoms with Crippen LogP contribution < -0.4 is 0 Å². The van der Waals surface area contributed by atoms with Gasteiger partial charge < -0.3 is 5.11 Å². The molecule has 0 atom stereocenters. The van der Waals surface area contributed by atoms with Gasteiger partial charge in [0.05, 0.1) is 22.5 Å². The van der Waals surface area contributed by atoms with Crippen LogP contribution in [0, 0.1) is 0 Å². The zero-order valence-corrected chi connectivity index (χ0v) is 11.7. The molecule has 1 heterocycles. The average Bonchev–Trinajstić information content (AvgIpc) is 2.98. The first kappa shape index (κ1) is 13.4.